The van der Waals surface area contributed by atoms with E-state index in [1.807, 2.05) is 70.6 Å². The van der Waals surface area contributed by atoms with E-state index in [0.717, 1.165) is 11.5 Å². The van der Waals surface area contributed by atoms with Gasteiger partial charge in [0.2, 0.25) is 0 Å². The van der Waals surface area contributed by atoms with Gasteiger partial charge in [0.1, 0.15) is 0 Å². The summed E-state index contributed by atoms with van der Waals surface area (Å²) in [6.07, 6.45) is 0. The fraction of sp³-hybridized carbons (Fsp3) is 0.400. The molecule has 4 heterocycles. The van der Waals surface area contributed by atoms with E-state index in [1.54, 1.807) is 23.5 Å². The lowest BCUT2D eigenvalue weighted by Gasteiger charge is -2.08. The van der Waals surface area contributed by atoms with Crippen LogP contribution in [0.1, 0.15) is 2.74 Å². The zero-order valence-electron chi connectivity index (χ0n) is 10.8. The largest absolute Gasteiger partial charge is 0.116 e. The van der Waals surface area contributed by atoms with Gasteiger partial charge >= 0.3 is 0 Å². The van der Waals surface area contributed by atoms with Crippen LogP contribution in [0, 0.1) is 0 Å². The van der Waals surface area contributed by atoms with Gasteiger partial charge in [0.15, 0.2) is 0 Å². The summed E-state index contributed by atoms with van der Waals surface area (Å²) in [5, 5.41) is 0. The maximum Gasteiger partial charge on any atom is 0.0717 e. The smallest absolute Gasteiger partial charge is 0.0717 e. The first-order chi connectivity index (χ1) is 9.69. The molecule has 96 valence electrons. The maximum absolute atomic E-state index is 7.88. The van der Waals surface area contributed by atoms with Crippen LogP contribution >= 0.6 is 94.1 Å². The van der Waals surface area contributed by atoms with Gasteiger partial charge in [-0.15, -0.1) is 47.0 Å². The van der Waals surface area contributed by atoms with Crippen LogP contribution in [-0.2, 0) is 0 Å². The average molecular weight is 387 g/mol. The number of thioether (sulfide) groups is 8. The lowest BCUT2D eigenvalue weighted by molar-refractivity contribution is 1.56. The summed E-state index contributed by atoms with van der Waals surface area (Å²) in [7, 11) is 0. The van der Waals surface area contributed by atoms with Gasteiger partial charge in [-0.3, -0.25) is 0 Å². The monoisotopic (exact) mass is 386 g/mol. The van der Waals surface area contributed by atoms with Gasteiger partial charge in [0, 0.05) is 25.7 Å². The number of hydrogen-bond acceptors (Lipinski definition) is 8. The SMILES string of the molecule is [2H]C1CSC2=C(S/C(=C3\SC4=C(S3)SC([2H])CS4)S2)S1. The summed E-state index contributed by atoms with van der Waals surface area (Å²) in [6.45, 7) is 0. The van der Waals surface area contributed by atoms with Crippen molar-refractivity contribution in [1.29, 1.82) is 0 Å². The van der Waals surface area contributed by atoms with Crippen LogP contribution in [0.25, 0.3) is 0 Å². The lowest BCUT2D eigenvalue weighted by atomic mass is 11.0. The van der Waals surface area contributed by atoms with Crippen LogP contribution in [0.5, 0.6) is 0 Å². The van der Waals surface area contributed by atoms with Crippen molar-refractivity contribution in [1.82, 2.24) is 0 Å². The molecule has 0 aromatic rings. The Balaban J connectivity index is 1.51. The maximum atomic E-state index is 7.88. The van der Waals surface area contributed by atoms with Gasteiger partial charge in [-0.25, -0.2) is 0 Å². The Labute approximate surface area is 144 Å². The topological polar surface area (TPSA) is 0 Å². The Morgan fingerprint density at radius 1 is 0.556 bits per heavy atom. The van der Waals surface area contributed by atoms with Crippen molar-refractivity contribution in [2.24, 2.45) is 0 Å². The Kier molecular flexibility index (Phi) is 3.87. The van der Waals surface area contributed by atoms with Gasteiger partial charge in [0.25, 0.3) is 0 Å². The first-order valence-electron chi connectivity index (χ1n) is 6.22. The Bertz CT molecular complexity index is 505. The minimum absolute atomic E-state index is 0.0124. The van der Waals surface area contributed by atoms with E-state index in [0.29, 0.717) is 0 Å². The summed E-state index contributed by atoms with van der Waals surface area (Å²) in [5.41, 5.74) is -0.0248. The molecule has 2 unspecified atom stereocenters. The zero-order valence-corrected chi connectivity index (χ0v) is 15.4. The molecule has 0 saturated heterocycles. The molecule has 0 radical (unpaired) electrons. The molecule has 4 aliphatic rings. The summed E-state index contributed by atoms with van der Waals surface area (Å²) >= 11 is 14.6. The van der Waals surface area contributed by atoms with E-state index in [-0.39, 0.29) is 11.5 Å². The molecular formula is C10H8S8. The van der Waals surface area contributed by atoms with Crippen molar-refractivity contribution >= 4 is 94.1 Å². The molecule has 4 aliphatic heterocycles. The standard InChI is InChI=1S/C10H8S8/c1-2-12-6-5(11-1)15-9(16-6)10-17-7-8(18-10)14-4-3-13-7/h1-4H2/i1D,3D/b10-9+. The van der Waals surface area contributed by atoms with E-state index in [4.69, 9.17) is 2.74 Å². The molecule has 4 rings (SSSR count). The fourth-order valence-electron chi connectivity index (χ4n) is 1.47. The summed E-state index contributed by atoms with van der Waals surface area (Å²) < 4.78 is 24.0. The van der Waals surface area contributed by atoms with Crippen LogP contribution in [0.4, 0.5) is 0 Å². The first kappa shape index (κ1) is 11.6. The van der Waals surface area contributed by atoms with Crippen molar-refractivity contribution < 1.29 is 2.74 Å². The summed E-state index contributed by atoms with van der Waals surface area (Å²) in [6, 6.07) is 0. The van der Waals surface area contributed by atoms with E-state index in [1.165, 1.54) is 25.4 Å². The molecule has 0 saturated carbocycles. The van der Waals surface area contributed by atoms with Crippen LogP contribution in [0.3, 0.4) is 0 Å². The molecule has 0 aromatic carbocycles. The summed E-state index contributed by atoms with van der Waals surface area (Å²) in [4.78, 5) is 0. The van der Waals surface area contributed by atoms with Crippen LogP contribution < -0.4 is 0 Å². The molecule has 8 heteroatoms. The van der Waals surface area contributed by atoms with Crippen LogP contribution in [0.15, 0.2) is 25.4 Å². The molecule has 0 bridgehead atoms. The van der Waals surface area contributed by atoms with Crippen molar-refractivity contribution in [2.75, 3.05) is 23.0 Å². The third-order valence-corrected chi connectivity index (χ3v) is 13.7. The molecule has 0 aliphatic carbocycles. The van der Waals surface area contributed by atoms with Gasteiger partial charge in [-0.05, 0) is 0 Å². The molecule has 0 spiro atoms. The molecule has 0 fully saturated rings. The highest BCUT2D eigenvalue weighted by atomic mass is 32.3. The second-order valence-corrected chi connectivity index (χ2v) is 13.0. The first-order valence-corrected chi connectivity index (χ1v) is 12.1. The predicted molar refractivity (Wildman–Crippen MR) is 101 cm³/mol. The normalized spacial score (nSPS) is 41.8. The van der Waals surface area contributed by atoms with Crippen molar-refractivity contribution in [3.63, 3.8) is 0 Å². The minimum Gasteiger partial charge on any atom is -0.116 e. The van der Waals surface area contributed by atoms with E-state index in [9.17, 15) is 0 Å². The van der Waals surface area contributed by atoms with Crippen molar-refractivity contribution in [3.05, 3.63) is 25.4 Å². The second kappa shape index (κ2) is 6.02. The van der Waals surface area contributed by atoms with Gasteiger partial charge in [0.05, 0.1) is 25.4 Å². The third kappa shape index (κ3) is 2.69. The van der Waals surface area contributed by atoms with Gasteiger partial charge < -0.3 is 0 Å². The lowest BCUT2D eigenvalue weighted by Crippen LogP contribution is -1.88. The Morgan fingerprint density at radius 2 is 0.944 bits per heavy atom. The van der Waals surface area contributed by atoms with Crippen LogP contribution in [0.2, 0.25) is 0 Å². The minimum atomic E-state index is -0.0124. The molecule has 0 aromatic heterocycles. The van der Waals surface area contributed by atoms with E-state index < -0.39 is 0 Å². The quantitative estimate of drug-likeness (QED) is 0.470. The molecule has 2 atom stereocenters. The van der Waals surface area contributed by atoms with Crippen molar-refractivity contribution in [3.8, 4) is 0 Å². The van der Waals surface area contributed by atoms with Crippen LogP contribution in [-0.4, -0.2) is 23.0 Å². The third-order valence-electron chi connectivity index (χ3n) is 2.19. The van der Waals surface area contributed by atoms with E-state index >= 15 is 0 Å². The van der Waals surface area contributed by atoms with Gasteiger partial charge in [-0.1, -0.05) is 47.0 Å². The fourth-order valence-corrected chi connectivity index (χ4v) is 12.9. The average Bonchev–Trinajstić information content (AvgIpc) is 3.00. The molecule has 0 N–H and O–H groups in total. The molecular weight excluding hydrogens is 377 g/mol. The van der Waals surface area contributed by atoms with Gasteiger partial charge in [-0.2, -0.15) is 0 Å². The zero-order chi connectivity index (χ0) is 13.7. The summed E-state index contributed by atoms with van der Waals surface area (Å²) in [5.74, 6) is 1.81. The highest BCUT2D eigenvalue weighted by molar-refractivity contribution is 8.45. The Morgan fingerprint density at radius 3 is 1.39 bits per heavy atom. The molecule has 0 nitrogen and oxygen atoms in total. The molecule has 0 amide bonds. The highest BCUT2D eigenvalue weighted by Crippen LogP contribution is 2.67. The predicted octanol–water partition coefficient (Wildman–Crippen LogP) is 6.29. The highest BCUT2D eigenvalue weighted by Gasteiger charge is 2.32. The van der Waals surface area contributed by atoms with E-state index in [2.05, 4.69) is 0 Å². The van der Waals surface area contributed by atoms with Crippen molar-refractivity contribution in [2.45, 2.75) is 0 Å². The second-order valence-electron chi connectivity index (χ2n) is 3.32. The number of rotatable bonds is 0. The number of hydrogen-bond donors (Lipinski definition) is 0. The Hall–Kier alpha value is 2.02. The molecule has 18 heavy (non-hydrogen) atoms.